The molecule has 16 rings (SSSR count). The topological polar surface area (TPSA) is 51.1 Å². The van der Waals surface area contributed by atoms with Crippen LogP contribution in [-0.4, -0.2) is 9.13 Å². The number of nitrogens with zero attached hydrogens (tertiary/aromatic N) is 4. The van der Waals surface area contributed by atoms with Gasteiger partial charge >= 0.3 is 0 Å². The molecule has 0 amide bonds. The molecule has 5 heterocycles. The van der Waals surface area contributed by atoms with Crippen LogP contribution in [0.1, 0.15) is 22.0 Å². The van der Waals surface area contributed by atoms with E-state index in [9.17, 15) is 22.8 Å². The van der Waals surface area contributed by atoms with E-state index in [1.807, 2.05) is 133 Å². The van der Waals surface area contributed by atoms with E-state index in [2.05, 4.69) is 27.6 Å². The van der Waals surface area contributed by atoms with Gasteiger partial charge in [-0.3, -0.25) is 0 Å². The Morgan fingerprint density at radius 2 is 1.00 bits per heavy atom. The lowest BCUT2D eigenvalue weighted by atomic mass is 9.88. The van der Waals surface area contributed by atoms with Crippen LogP contribution in [0.3, 0.4) is 0 Å². The number of hydrogen-bond donors (Lipinski definition) is 0. The fourth-order valence-electron chi connectivity index (χ4n) is 11.5. The van der Waals surface area contributed by atoms with Crippen molar-refractivity contribution in [3.05, 3.63) is 235 Å². The molecule has 7 heteroatoms. The van der Waals surface area contributed by atoms with Gasteiger partial charge < -0.3 is 13.6 Å². The van der Waals surface area contributed by atoms with E-state index in [4.69, 9.17) is 9.90 Å². The quantitative estimate of drug-likeness (QED) is 0.161. The lowest BCUT2D eigenvalue weighted by Gasteiger charge is -2.26. The van der Waals surface area contributed by atoms with Crippen LogP contribution < -0.4 is 0 Å². The Balaban J connectivity index is 1.22. The molecular weight excluding hydrogens is 953 g/mol. The van der Waals surface area contributed by atoms with E-state index in [1.165, 1.54) is 0 Å². The molecule has 0 saturated carbocycles. The van der Waals surface area contributed by atoms with Crippen LogP contribution in [0.2, 0.25) is 0 Å². The van der Waals surface area contributed by atoms with Gasteiger partial charge in [0.1, 0.15) is 17.2 Å². The van der Waals surface area contributed by atoms with Crippen LogP contribution in [0.25, 0.3) is 155 Å². The maximum atomic E-state index is 12.4. The summed E-state index contributed by atoms with van der Waals surface area (Å²) in [5, 5.41) is 15.9. The third kappa shape index (κ3) is 5.74. The monoisotopic (exact) mass is 1000 g/mol. The molecule has 0 radical (unpaired) electrons. The summed E-state index contributed by atoms with van der Waals surface area (Å²) >= 11 is 1.94. The third-order valence-corrected chi connectivity index (χ3v) is 16.7. The Morgan fingerprint density at radius 3 is 1.65 bits per heavy atom. The van der Waals surface area contributed by atoms with Crippen molar-refractivity contribution in [1.29, 1.82) is 5.26 Å². The highest BCUT2D eigenvalue weighted by Crippen LogP contribution is 2.55. The predicted octanol–water partition coefficient (Wildman–Crippen LogP) is 19.9. The van der Waals surface area contributed by atoms with Crippen LogP contribution in [0.5, 0.6) is 0 Å². The molecule has 75 heavy (non-hydrogen) atoms. The Bertz CT molecular complexity index is 5790. The van der Waals surface area contributed by atoms with Gasteiger partial charge in [0.2, 0.25) is 5.69 Å². The van der Waals surface area contributed by atoms with Gasteiger partial charge in [-0.15, -0.1) is 22.7 Å². The molecule has 5 aromatic heterocycles. The standard InChI is InChI=1S/C68H36N4OS2/c1-70-62-58(39-18-4-2-5-19-39)51(38-69)63(72-64-45(34-36-47-41-22-10-14-32-56(41)74-67(47)64)46-35-37-48-42-23-11-15-33-57(42)75-68(48)65(46)72)59(40-20-6-3-7-21-40)66(62)71-52-28-12-8-24-49(52)60-43(26-16-29-53(60)71)44-27-17-31-55-61(44)50-25-9-13-30-54(50)73-55/h2-37H/i10D,11D,14D,15D,22D,23D,32D,33D,34D,35D,36D,37D. The molecule has 346 valence electrons. The molecule has 16 aromatic rings. The molecule has 0 saturated heterocycles. The van der Waals surface area contributed by atoms with Crippen LogP contribution in [0.4, 0.5) is 5.69 Å². The van der Waals surface area contributed by atoms with E-state index in [1.54, 1.807) is 4.57 Å². The van der Waals surface area contributed by atoms with Gasteiger partial charge in [-0.1, -0.05) is 182 Å². The van der Waals surface area contributed by atoms with Gasteiger partial charge in [0.25, 0.3) is 0 Å². The molecule has 11 aromatic carbocycles. The minimum Gasteiger partial charge on any atom is -0.456 e. The maximum Gasteiger partial charge on any atom is 0.220 e. The summed E-state index contributed by atoms with van der Waals surface area (Å²) in [5.74, 6) is 0. The smallest absolute Gasteiger partial charge is 0.220 e. The van der Waals surface area contributed by atoms with Crippen molar-refractivity contribution in [3.63, 3.8) is 0 Å². The number of benzene rings is 11. The molecule has 5 nitrogen and oxygen atoms in total. The Hall–Kier alpha value is -9.76. The number of hydrogen-bond acceptors (Lipinski definition) is 4. The van der Waals surface area contributed by atoms with Gasteiger partial charge in [0, 0.05) is 74.4 Å². The molecule has 0 aliphatic heterocycles. The van der Waals surface area contributed by atoms with Crippen LogP contribution >= 0.6 is 22.7 Å². The lowest BCUT2D eigenvalue weighted by Crippen LogP contribution is -2.09. The normalized spacial score (nSPS) is 14.2. The second kappa shape index (κ2) is 15.9. The predicted molar refractivity (Wildman–Crippen MR) is 315 cm³/mol. The van der Waals surface area contributed by atoms with Crippen molar-refractivity contribution in [2.45, 2.75) is 0 Å². The van der Waals surface area contributed by atoms with Crippen molar-refractivity contribution < 1.29 is 20.9 Å². The molecule has 0 aliphatic rings. The zero-order chi connectivity index (χ0) is 59.9. The summed E-state index contributed by atoms with van der Waals surface area (Å²) in [7, 11) is 0. The molecule has 0 unspecified atom stereocenters. The van der Waals surface area contributed by atoms with E-state index in [-0.39, 0.29) is 96.7 Å². The fraction of sp³-hybridized carbons (Fsp3) is 0. The van der Waals surface area contributed by atoms with Crippen LogP contribution in [0, 0.1) is 17.9 Å². The van der Waals surface area contributed by atoms with Crippen molar-refractivity contribution >= 4 is 134 Å². The van der Waals surface area contributed by atoms with Gasteiger partial charge in [-0.2, -0.15) is 5.26 Å². The number of fused-ring (bicyclic) bond motifs is 17. The first-order valence-corrected chi connectivity index (χ1v) is 25.6. The maximum absolute atomic E-state index is 12.4. The average molecular weight is 1000 g/mol. The van der Waals surface area contributed by atoms with E-state index in [0.29, 0.717) is 39.0 Å². The summed E-state index contributed by atoms with van der Waals surface area (Å²) in [4.78, 5) is 4.48. The van der Waals surface area contributed by atoms with Crippen molar-refractivity contribution in [1.82, 2.24) is 9.13 Å². The van der Waals surface area contributed by atoms with Crippen molar-refractivity contribution in [2.75, 3.05) is 0 Å². The largest absolute Gasteiger partial charge is 0.456 e. The molecule has 0 aliphatic carbocycles. The van der Waals surface area contributed by atoms with Gasteiger partial charge in [0.15, 0.2) is 0 Å². The minimum atomic E-state index is -0.549. The Morgan fingerprint density at radius 1 is 0.467 bits per heavy atom. The fourth-order valence-corrected chi connectivity index (χ4v) is 13.8. The molecule has 0 spiro atoms. The number of furan rings is 1. The van der Waals surface area contributed by atoms with E-state index < -0.39 is 60.4 Å². The molecule has 0 atom stereocenters. The average Bonchev–Trinajstić information content (AvgIpc) is 1.55. The number of nitriles is 1. The Labute approximate surface area is 453 Å². The Kier molecular flexibility index (Phi) is 6.70. The van der Waals surface area contributed by atoms with Gasteiger partial charge in [0.05, 0.1) is 71.4 Å². The zero-order valence-electron chi connectivity index (χ0n) is 50.9. The highest BCUT2D eigenvalue weighted by molar-refractivity contribution is 7.27. The second-order valence-corrected chi connectivity index (χ2v) is 20.3. The number of thiophene rings is 2. The highest BCUT2D eigenvalue weighted by Gasteiger charge is 2.33. The first kappa shape index (κ1) is 31.6. The van der Waals surface area contributed by atoms with E-state index in [0.717, 1.165) is 60.9 Å². The zero-order valence-corrected chi connectivity index (χ0v) is 40.5. The molecule has 0 fully saturated rings. The summed E-state index contributed by atoms with van der Waals surface area (Å²) in [6.07, 6.45) is 0. The first-order valence-electron chi connectivity index (χ1n) is 30.0. The van der Waals surface area contributed by atoms with Crippen molar-refractivity contribution in [3.8, 4) is 50.8 Å². The number of para-hydroxylation sites is 2. The van der Waals surface area contributed by atoms with Crippen LogP contribution in [-0.2, 0) is 0 Å². The second-order valence-electron chi connectivity index (χ2n) is 18.3. The number of aromatic nitrogens is 2. The molecule has 0 bridgehead atoms. The van der Waals surface area contributed by atoms with E-state index >= 15 is 0 Å². The lowest BCUT2D eigenvalue weighted by molar-refractivity contribution is 0.669. The summed E-state index contributed by atoms with van der Waals surface area (Å²) < 4.78 is 124. The minimum absolute atomic E-state index is 0.000796. The summed E-state index contributed by atoms with van der Waals surface area (Å²) in [6, 6.07) is 43.3. The van der Waals surface area contributed by atoms with Gasteiger partial charge in [-0.05, 0) is 58.6 Å². The highest BCUT2D eigenvalue weighted by atomic mass is 32.1. The number of rotatable bonds is 5. The first-order chi connectivity index (χ1) is 42.2. The van der Waals surface area contributed by atoms with Gasteiger partial charge in [-0.25, -0.2) is 4.85 Å². The SMILES string of the molecule is [2H]c1c([2H])c([2H])c2c(sc3c2c([2H])c([2H])c2c4c([2H])c([2H])c5c(sc6c([2H])c([2H])c([2H])c([2H])c65)c4n(-c4c(C#N)c(-c5ccccc5)c([N+]#[C-])c(-n5c6ccccc6c6c(-c7cccc8oc9ccccc9c78)cccc65)c4-c4ccccc4)c32)c1[2H]. The van der Waals surface area contributed by atoms with Crippen LogP contribution in [0.15, 0.2) is 223 Å². The summed E-state index contributed by atoms with van der Waals surface area (Å²) in [6.45, 7) is 9.51. The molecule has 0 N–H and O–H groups in total. The molecular formula is C68H36N4OS2. The summed E-state index contributed by atoms with van der Waals surface area (Å²) in [5.41, 5.74) is 6.88. The third-order valence-electron chi connectivity index (χ3n) is 14.5. The van der Waals surface area contributed by atoms with Crippen molar-refractivity contribution in [2.24, 2.45) is 0 Å².